The molecule has 3 amide bonds. The van der Waals surface area contributed by atoms with E-state index in [0.717, 1.165) is 0 Å². The molecule has 148 valence electrons. The molecule has 27 heavy (non-hydrogen) atoms. The second kappa shape index (κ2) is 11.1. The fourth-order valence-electron chi connectivity index (χ4n) is 2.75. The summed E-state index contributed by atoms with van der Waals surface area (Å²) in [4.78, 5) is 37.0. The lowest BCUT2D eigenvalue weighted by atomic mass is 10.1. The Morgan fingerprint density at radius 1 is 1.11 bits per heavy atom. The molecule has 1 aromatic carbocycles. The van der Waals surface area contributed by atoms with Gasteiger partial charge in [-0.05, 0) is 31.9 Å². The van der Waals surface area contributed by atoms with Crippen LogP contribution in [0, 0.1) is 0 Å². The quantitative estimate of drug-likeness (QED) is 0.712. The van der Waals surface area contributed by atoms with Crippen molar-refractivity contribution in [1.82, 2.24) is 15.5 Å². The molecule has 1 heterocycles. The van der Waals surface area contributed by atoms with Crippen LogP contribution in [-0.4, -0.2) is 61.7 Å². The summed E-state index contributed by atoms with van der Waals surface area (Å²) in [6.07, 6.45) is 1.21. The summed E-state index contributed by atoms with van der Waals surface area (Å²) in [7, 11) is 0. The number of hydrogen-bond donors (Lipinski definition) is 2. The summed E-state index contributed by atoms with van der Waals surface area (Å²) in [6, 6.07) is 9.24. The van der Waals surface area contributed by atoms with Gasteiger partial charge in [0.25, 0.3) is 0 Å². The van der Waals surface area contributed by atoms with Crippen LogP contribution in [0.25, 0.3) is 0 Å². The minimum absolute atomic E-state index is 0.00138. The lowest BCUT2D eigenvalue weighted by Gasteiger charge is -2.31. The molecular weight excluding hydrogens is 350 g/mol. The Balaban J connectivity index is 1.56. The lowest BCUT2D eigenvalue weighted by molar-refractivity contribution is -0.126. The van der Waals surface area contributed by atoms with Crippen LogP contribution in [0.1, 0.15) is 26.2 Å². The highest BCUT2D eigenvalue weighted by Gasteiger charge is 2.24. The van der Waals surface area contributed by atoms with Gasteiger partial charge >= 0.3 is 6.09 Å². The Kier molecular flexibility index (Phi) is 8.41. The SMILES string of the molecule is CCOC(=O)N1CCC(NC(=O)CNC(=O)CCOc2ccccc2)CC1. The molecule has 0 saturated carbocycles. The molecule has 1 saturated heterocycles. The Morgan fingerprint density at radius 3 is 2.48 bits per heavy atom. The van der Waals surface area contributed by atoms with Gasteiger partial charge in [0.15, 0.2) is 0 Å². The van der Waals surface area contributed by atoms with Crippen molar-refractivity contribution in [2.45, 2.75) is 32.2 Å². The maximum Gasteiger partial charge on any atom is 0.409 e. The minimum Gasteiger partial charge on any atom is -0.493 e. The van der Waals surface area contributed by atoms with Gasteiger partial charge in [-0.25, -0.2) is 4.79 Å². The molecule has 1 aromatic rings. The van der Waals surface area contributed by atoms with Crippen molar-refractivity contribution in [3.8, 4) is 5.75 Å². The van der Waals surface area contributed by atoms with Crippen molar-refractivity contribution in [3.05, 3.63) is 30.3 Å². The standard InChI is InChI=1S/C19H27N3O5/c1-2-26-19(25)22-11-8-15(9-12-22)21-18(24)14-20-17(23)10-13-27-16-6-4-3-5-7-16/h3-7,15H,2,8-14H2,1H3,(H,20,23)(H,21,24). The van der Waals surface area contributed by atoms with Crippen LogP contribution in [0.2, 0.25) is 0 Å². The highest BCUT2D eigenvalue weighted by Crippen LogP contribution is 2.11. The van der Waals surface area contributed by atoms with Gasteiger partial charge in [0.2, 0.25) is 11.8 Å². The van der Waals surface area contributed by atoms with Crippen LogP contribution in [0.4, 0.5) is 4.79 Å². The fraction of sp³-hybridized carbons (Fsp3) is 0.526. The Hall–Kier alpha value is -2.77. The third-order valence-corrected chi connectivity index (χ3v) is 4.17. The van der Waals surface area contributed by atoms with E-state index in [1.54, 1.807) is 11.8 Å². The normalized spacial score (nSPS) is 14.3. The number of piperidine rings is 1. The summed E-state index contributed by atoms with van der Waals surface area (Å²) in [5.41, 5.74) is 0. The molecule has 0 unspecified atom stereocenters. The average molecular weight is 377 g/mol. The maximum atomic E-state index is 12.0. The number of amides is 3. The molecule has 8 heteroatoms. The molecule has 0 atom stereocenters. The zero-order chi connectivity index (χ0) is 19.5. The van der Waals surface area contributed by atoms with Gasteiger partial charge in [-0.15, -0.1) is 0 Å². The first-order valence-electron chi connectivity index (χ1n) is 9.24. The van der Waals surface area contributed by atoms with E-state index in [-0.39, 0.29) is 43.5 Å². The predicted octanol–water partition coefficient (Wildman–Crippen LogP) is 1.31. The second-order valence-corrected chi connectivity index (χ2v) is 6.22. The van der Waals surface area contributed by atoms with Crippen molar-refractivity contribution in [2.24, 2.45) is 0 Å². The number of para-hydroxylation sites is 1. The summed E-state index contributed by atoms with van der Waals surface area (Å²) in [5, 5.41) is 5.47. The number of rotatable bonds is 8. The van der Waals surface area contributed by atoms with E-state index in [9.17, 15) is 14.4 Å². The zero-order valence-electron chi connectivity index (χ0n) is 15.6. The molecule has 1 aliphatic rings. The summed E-state index contributed by atoms with van der Waals surface area (Å²) in [6.45, 7) is 3.41. The number of nitrogens with zero attached hydrogens (tertiary/aromatic N) is 1. The molecule has 2 N–H and O–H groups in total. The van der Waals surface area contributed by atoms with Gasteiger partial charge in [0, 0.05) is 19.1 Å². The first-order valence-corrected chi connectivity index (χ1v) is 9.24. The molecule has 0 aliphatic carbocycles. The molecular formula is C19H27N3O5. The maximum absolute atomic E-state index is 12.0. The van der Waals surface area contributed by atoms with Gasteiger partial charge in [-0.3, -0.25) is 9.59 Å². The molecule has 0 bridgehead atoms. The van der Waals surface area contributed by atoms with E-state index in [1.165, 1.54) is 0 Å². The van der Waals surface area contributed by atoms with Crippen molar-refractivity contribution in [1.29, 1.82) is 0 Å². The number of carbonyl (C=O) groups is 3. The highest BCUT2D eigenvalue weighted by atomic mass is 16.6. The molecule has 0 spiro atoms. The largest absolute Gasteiger partial charge is 0.493 e. The number of ether oxygens (including phenoxy) is 2. The third kappa shape index (κ3) is 7.55. The fourth-order valence-corrected chi connectivity index (χ4v) is 2.75. The van der Waals surface area contributed by atoms with Crippen molar-refractivity contribution in [2.75, 3.05) is 32.8 Å². The monoisotopic (exact) mass is 377 g/mol. The first-order chi connectivity index (χ1) is 13.1. The second-order valence-electron chi connectivity index (χ2n) is 6.22. The number of likely N-dealkylation sites (tertiary alicyclic amines) is 1. The molecule has 1 aliphatic heterocycles. The number of carbonyl (C=O) groups excluding carboxylic acids is 3. The lowest BCUT2D eigenvalue weighted by Crippen LogP contribution is -2.48. The topological polar surface area (TPSA) is 97.0 Å². The van der Waals surface area contributed by atoms with Gasteiger partial charge in [-0.1, -0.05) is 18.2 Å². The highest BCUT2D eigenvalue weighted by molar-refractivity contribution is 5.84. The van der Waals surface area contributed by atoms with Crippen LogP contribution in [0.5, 0.6) is 5.75 Å². The van der Waals surface area contributed by atoms with Gasteiger partial charge < -0.3 is 25.0 Å². The summed E-state index contributed by atoms with van der Waals surface area (Å²) in [5.74, 6) is 0.234. The third-order valence-electron chi connectivity index (χ3n) is 4.17. The van der Waals surface area contributed by atoms with Gasteiger partial charge in [-0.2, -0.15) is 0 Å². The molecule has 8 nitrogen and oxygen atoms in total. The molecule has 1 fully saturated rings. The van der Waals surface area contributed by atoms with E-state index in [2.05, 4.69) is 10.6 Å². The summed E-state index contributed by atoms with van der Waals surface area (Å²) >= 11 is 0. The van der Waals surface area contributed by atoms with E-state index >= 15 is 0 Å². The van der Waals surface area contributed by atoms with Crippen LogP contribution in [0.3, 0.4) is 0 Å². The van der Waals surface area contributed by atoms with Gasteiger partial charge in [0.1, 0.15) is 5.75 Å². The number of benzene rings is 1. The van der Waals surface area contributed by atoms with E-state index in [0.29, 0.717) is 38.3 Å². The van der Waals surface area contributed by atoms with Crippen LogP contribution in [-0.2, 0) is 14.3 Å². The van der Waals surface area contributed by atoms with Crippen LogP contribution >= 0.6 is 0 Å². The van der Waals surface area contributed by atoms with Crippen molar-refractivity contribution >= 4 is 17.9 Å². The molecule has 2 rings (SSSR count). The van der Waals surface area contributed by atoms with E-state index in [1.807, 2.05) is 30.3 Å². The van der Waals surface area contributed by atoms with Crippen LogP contribution in [0.15, 0.2) is 30.3 Å². The van der Waals surface area contributed by atoms with E-state index in [4.69, 9.17) is 9.47 Å². The summed E-state index contributed by atoms with van der Waals surface area (Å²) < 4.78 is 10.4. The van der Waals surface area contributed by atoms with Crippen LogP contribution < -0.4 is 15.4 Å². The minimum atomic E-state index is -0.313. The smallest absolute Gasteiger partial charge is 0.409 e. The zero-order valence-corrected chi connectivity index (χ0v) is 15.6. The Labute approximate surface area is 159 Å². The average Bonchev–Trinajstić information content (AvgIpc) is 2.68. The van der Waals surface area contributed by atoms with Gasteiger partial charge in [0.05, 0.1) is 26.2 Å². The Morgan fingerprint density at radius 2 is 1.81 bits per heavy atom. The first kappa shape index (κ1) is 20.5. The number of hydrogen-bond acceptors (Lipinski definition) is 5. The number of nitrogens with one attached hydrogen (secondary N) is 2. The van der Waals surface area contributed by atoms with Crippen molar-refractivity contribution in [3.63, 3.8) is 0 Å². The Bertz CT molecular complexity index is 615. The predicted molar refractivity (Wildman–Crippen MR) is 99.3 cm³/mol. The van der Waals surface area contributed by atoms with E-state index < -0.39 is 0 Å². The molecule has 0 aromatic heterocycles. The van der Waals surface area contributed by atoms with Crippen molar-refractivity contribution < 1.29 is 23.9 Å². The molecule has 0 radical (unpaired) electrons.